The van der Waals surface area contributed by atoms with Crippen LogP contribution in [0.4, 0.5) is 0 Å². The van der Waals surface area contributed by atoms with E-state index in [2.05, 4.69) is 6.92 Å². The summed E-state index contributed by atoms with van der Waals surface area (Å²) in [5.74, 6) is 1.45. The Labute approximate surface area is 120 Å². The van der Waals surface area contributed by atoms with Crippen LogP contribution in [-0.2, 0) is 0 Å². The Balaban J connectivity index is 3.12. The number of hydrogen-bond donors (Lipinski definition) is 0. The lowest BCUT2D eigenvalue weighted by molar-refractivity contribution is 0.0789. The molecule has 0 spiro atoms. The molecule has 1 aromatic rings. The molecule has 112 valence electrons. The molecule has 0 bridgehead atoms. The average molecular weight is 281 g/mol. The van der Waals surface area contributed by atoms with Gasteiger partial charge < -0.3 is 19.1 Å². The van der Waals surface area contributed by atoms with E-state index in [4.69, 9.17) is 14.2 Å². The number of ether oxygens (including phenoxy) is 3. The zero-order chi connectivity index (χ0) is 15.1. The van der Waals surface area contributed by atoms with E-state index in [9.17, 15) is 4.79 Å². The summed E-state index contributed by atoms with van der Waals surface area (Å²) in [4.78, 5) is 14.1. The molecule has 1 aromatic carbocycles. The summed E-state index contributed by atoms with van der Waals surface area (Å²) in [6.45, 7) is 2.81. The molecule has 0 fully saturated rings. The monoisotopic (exact) mass is 281 g/mol. The molecule has 0 N–H and O–H groups in total. The molecule has 0 unspecified atom stereocenters. The van der Waals surface area contributed by atoms with Gasteiger partial charge in [0, 0.05) is 25.7 Å². The molecule has 0 aliphatic rings. The summed E-state index contributed by atoms with van der Waals surface area (Å²) in [6.07, 6.45) is 2.01. The Bertz CT molecular complexity index is 459. The predicted octanol–water partition coefficient (Wildman–Crippen LogP) is 2.58. The maximum atomic E-state index is 12.4. The Hall–Kier alpha value is -1.91. The van der Waals surface area contributed by atoms with Crippen molar-refractivity contribution < 1.29 is 19.0 Å². The molecule has 0 radical (unpaired) electrons. The van der Waals surface area contributed by atoms with Crippen LogP contribution in [0.2, 0.25) is 0 Å². The molecule has 0 atom stereocenters. The first-order valence-corrected chi connectivity index (χ1v) is 6.64. The van der Waals surface area contributed by atoms with Crippen molar-refractivity contribution in [1.29, 1.82) is 0 Å². The first-order chi connectivity index (χ1) is 9.58. The SMILES string of the molecule is CCCCN(C)C(=O)c1cc(OC)c(OC)cc1OC. The van der Waals surface area contributed by atoms with E-state index in [-0.39, 0.29) is 5.91 Å². The van der Waals surface area contributed by atoms with Gasteiger partial charge in [0.15, 0.2) is 11.5 Å². The van der Waals surface area contributed by atoms with Crippen LogP contribution < -0.4 is 14.2 Å². The lowest BCUT2D eigenvalue weighted by Crippen LogP contribution is -2.28. The third-order valence-corrected chi connectivity index (χ3v) is 3.13. The van der Waals surface area contributed by atoms with Crippen LogP contribution in [0.5, 0.6) is 17.2 Å². The smallest absolute Gasteiger partial charge is 0.257 e. The van der Waals surface area contributed by atoms with E-state index in [1.807, 2.05) is 0 Å². The summed E-state index contributed by atoms with van der Waals surface area (Å²) < 4.78 is 15.7. The van der Waals surface area contributed by atoms with Gasteiger partial charge in [-0.05, 0) is 6.42 Å². The van der Waals surface area contributed by atoms with Gasteiger partial charge in [-0.1, -0.05) is 13.3 Å². The molecule has 0 saturated carbocycles. The summed E-state index contributed by atoms with van der Waals surface area (Å²) in [5, 5.41) is 0. The zero-order valence-corrected chi connectivity index (χ0v) is 12.9. The van der Waals surface area contributed by atoms with Crippen molar-refractivity contribution in [2.45, 2.75) is 19.8 Å². The molecule has 5 heteroatoms. The second-order valence-corrected chi connectivity index (χ2v) is 4.49. The van der Waals surface area contributed by atoms with Gasteiger partial charge in [0.05, 0.1) is 26.9 Å². The predicted molar refractivity (Wildman–Crippen MR) is 78.0 cm³/mol. The molecule has 1 rings (SSSR count). The van der Waals surface area contributed by atoms with Gasteiger partial charge in [0.2, 0.25) is 0 Å². The maximum absolute atomic E-state index is 12.4. The van der Waals surface area contributed by atoms with Crippen molar-refractivity contribution in [3.05, 3.63) is 17.7 Å². The normalized spacial score (nSPS) is 10.1. The molecule has 5 nitrogen and oxygen atoms in total. The van der Waals surface area contributed by atoms with Gasteiger partial charge in [-0.15, -0.1) is 0 Å². The molecule has 0 heterocycles. The Morgan fingerprint density at radius 2 is 1.60 bits per heavy atom. The Morgan fingerprint density at radius 3 is 2.10 bits per heavy atom. The number of amides is 1. The van der Waals surface area contributed by atoms with Crippen molar-refractivity contribution in [3.8, 4) is 17.2 Å². The molecule has 20 heavy (non-hydrogen) atoms. The van der Waals surface area contributed by atoms with Crippen LogP contribution in [0.1, 0.15) is 30.1 Å². The molecule has 0 aliphatic heterocycles. The van der Waals surface area contributed by atoms with E-state index in [0.29, 0.717) is 29.4 Å². The number of benzene rings is 1. The number of carbonyl (C=O) groups is 1. The third-order valence-electron chi connectivity index (χ3n) is 3.13. The molecular formula is C15H23NO4. The first kappa shape index (κ1) is 16.1. The van der Waals surface area contributed by atoms with Crippen molar-refractivity contribution in [1.82, 2.24) is 4.90 Å². The van der Waals surface area contributed by atoms with Gasteiger partial charge in [0.1, 0.15) is 5.75 Å². The highest BCUT2D eigenvalue weighted by molar-refractivity contribution is 5.97. The molecular weight excluding hydrogens is 258 g/mol. The molecule has 0 saturated heterocycles. The van der Waals surface area contributed by atoms with Crippen molar-refractivity contribution in [2.75, 3.05) is 34.9 Å². The van der Waals surface area contributed by atoms with Crippen LogP contribution in [0.3, 0.4) is 0 Å². The fraction of sp³-hybridized carbons (Fsp3) is 0.533. The number of nitrogens with zero attached hydrogens (tertiary/aromatic N) is 1. The number of carbonyl (C=O) groups excluding carboxylic acids is 1. The van der Waals surface area contributed by atoms with Crippen LogP contribution >= 0.6 is 0 Å². The highest BCUT2D eigenvalue weighted by Gasteiger charge is 2.20. The van der Waals surface area contributed by atoms with Gasteiger partial charge in [-0.2, -0.15) is 0 Å². The summed E-state index contributed by atoms with van der Waals surface area (Å²) in [7, 11) is 6.41. The van der Waals surface area contributed by atoms with Gasteiger partial charge in [-0.25, -0.2) is 0 Å². The second kappa shape index (κ2) is 7.62. The fourth-order valence-corrected chi connectivity index (χ4v) is 1.90. The topological polar surface area (TPSA) is 48.0 Å². The molecule has 0 aliphatic carbocycles. The lowest BCUT2D eigenvalue weighted by atomic mass is 10.1. The average Bonchev–Trinajstić information content (AvgIpc) is 2.50. The fourth-order valence-electron chi connectivity index (χ4n) is 1.90. The van der Waals surface area contributed by atoms with Crippen LogP contribution in [-0.4, -0.2) is 45.7 Å². The zero-order valence-electron chi connectivity index (χ0n) is 12.9. The van der Waals surface area contributed by atoms with Gasteiger partial charge in [-0.3, -0.25) is 4.79 Å². The van der Waals surface area contributed by atoms with E-state index in [1.165, 1.54) is 7.11 Å². The molecule has 1 amide bonds. The van der Waals surface area contributed by atoms with Crippen LogP contribution in [0.15, 0.2) is 12.1 Å². The first-order valence-electron chi connectivity index (χ1n) is 6.64. The largest absolute Gasteiger partial charge is 0.496 e. The summed E-state index contributed by atoms with van der Waals surface area (Å²) >= 11 is 0. The van der Waals surface area contributed by atoms with E-state index < -0.39 is 0 Å². The quantitative estimate of drug-likeness (QED) is 0.770. The summed E-state index contributed by atoms with van der Waals surface area (Å²) in [5.41, 5.74) is 0.476. The Kier molecular flexibility index (Phi) is 6.15. The van der Waals surface area contributed by atoms with E-state index >= 15 is 0 Å². The number of unbranched alkanes of at least 4 members (excludes halogenated alkanes) is 1. The maximum Gasteiger partial charge on any atom is 0.257 e. The van der Waals surface area contributed by atoms with E-state index in [0.717, 1.165) is 12.8 Å². The number of methoxy groups -OCH3 is 3. The summed E-state index contributed by atoms with van der Waals surface area (Å²) in [6, 6.07) is 3.32. The lowest BCUT2D eigenvalue weighted by Gasteiger charge is -2.19. The second-order valence-electron chi connectivity index (χ2n) is 4.49. The highest BCUT2D eigenvalue weighted by atomic mass is 16.5. The number of hydrogen-bond acceptors (Lipinski definition) is 4. The van der Waals surface area contributed by atoms with Crippen LogP contribution in [0, 0.1) is 0 Å². The van der Waals surface area contributed by atoms with Crippen molar-refractivity contribution >= 4 is 5.91 Å². The minimum Gasteiger partial charge on any atom is -0.496 e. The van der Waals surface area contributed by atoms with Crippen molar-refractivity contribution in [3.63, 3.8) is 0 Å². The van der Waals surface area contributed by atoms with Gasteiger partial charge >= 0.3 is 0 Å². The Morgan fingerprint density at radius 1 is 1.05 bits per heavy atom. The van der Waals surface area contributed by atoms with Crippen molar-refractivity contribution in [2.24, 2.45) is 0 Å². The third kappa shape index (κ3) is 3.56. The minimum absolute atomic E-state index is 0.0868. The highest BCUT2D eigenvalue weighted by Crippen LogP contribution is 2.35. The standard InChI is InChI=1S/C15H23NO4/c1-6-7-8-16(2)15(17)11-9-13(19-4)14(20-5)10-12(11)18-3/h9-10H,6-8H2,1-5H3. The van der Waals surface area contributed by atoms with Gasteiger partial charge in [0.25, 0.3) is 5.91 Å². The van der Waals surface area contributed by atoms with E-state index in [1.54, 1.807) is 38.3 Å². The van der Waals surface area contributed by atoms with Crippen LogP contribution in [0.25, 0.3) is 0 Å². The molecule has 0 aromatic heterocycles. The number of rotatable bonds is 7. The minimum atomic E-state index is -0.0868.